The number of phenols is 1. The molecule has 1 aromatic rings. The molecule has 1 aromatic carbocycles. The summed E-state index contributed by atoms with van der Waals surface area (Å²) in [5.74, 6) is -0.254. The van der Waals surface area contributed by atoms with Crippen LogP contribution < -0.4 is 10.5 Å². The van der Waals surface area contributed by atoms with Crippen LogP contribution in [-0.4, -0.2) is 46.7 Å². The monoisotopic (exact) mass is 295 g/mol. The number of amides is 1. The Bertz CT molecular complexity index is 529. The molecule has 1 rings (SSSR count). The number of amidine groups is 1. The first-order valence-electron chi connectivity index (χ1n) is 6.55. The summed E-state index contributed by atoms with van der Waals surface area (Å²) in [7, 11) is 1.42. The Hall–Kier alpha value is -2.44. The highest BCUT2D eigenvalue weighted by Gasteiger charge is 2.23. The summed E-state index contributed by atoms with van der Waals surface area (Å²) in [4.78, 5) is 14.1. The summed E-state index contributed by atoms with van der Waals surface area (Å²) in [6.45, 7) is 3.98. The quantitative estimate of drug-likeness (QED) is 0.318. The van der Waals surface area contributed by atoms with Crippen LogP contribution >= 0.6 is 0 Å². The summed E-state index contributed by atoms with van der Waals surface area (Å²) < 4.78 is 5.00. The molecule has 0 bridgehead atoms. The van der Waals surface area contributed by atoms with Crippen molar-refractivity contribution in [2.45, 2.75) is 26.3 Å². The fraction of sp³-hybridized carbons (Fsp3) is 0.429. The number of rotatable bonds is 6. The Balaban J connectivity index is 3.01. The molecule has 0 heterocycles. The third-order valence-electron chi connectivity index (χ3n) is 3.07. The second-order valence-corrected chi connectivity index (χ2v) is 4.79. The molecule has 0 fully saturated rings. The van der Waals surface area contributed by atoms with Crippen molar-refractivity contribution < 1.29 is 19.8 Å². The molecule has 1 amide bonds. The van der Waals surface area contributed by atoms with Gasteiger partial charge in [-0.3, -0.25) is 4.79 Å². The first kappa shape index (κ1) is 16.6. The maximum absolute atomic E-state index is 12.5. The first-order valence-corrected chi connectivity index (χ1v) is 6.55. The van der Waals surface area contributed by atoms with Gasteiger partial charge in [-0.25, -0.2) is 0 Å². The molecular weight excluding hydrogens is 274 g/mol. The lowest BCUT2D eigenvalue weighted by atomic mass is 10.1. The molecule has 4 N–H and O–H groups in total. The van der Waals surface area contributed by atoms with Crippen LogP contribution in [0.5, 0.6) is 11.5 Å². The van der Waals surface area contributed by atoms with Gasteiger partial charge in [-0.15, -0.1) is 0 Å². The van der Waals surface area contributed by atoms with Crippen LogP contribution in [0.2, 0.25) is 0 Å². The Morgan fingerprint density at radius 1 is 1.48 bits per heavy atom. The van der Waals surface area contributed by atoms with E-state index in [1.165, 1.54) is 18.1 Å². The number of oxime groups is 1. The van der Waals surface area contributed by atoms with E-state index in [2.05, 4.69) is 5.16 Å². The second-order valence-electron chi connectivity index (χ2n) is 4.79. The van der Waals surface area contributed by atoms with Crippen molar-refractivity contribution in [2.75, 3.05) is 13.7 Å². The fourth-order valence-corrected chi connectivity index (χ4v) is 1.89. The lowest BCUT2D eigenvalue weighted by Gasteiger charge is -2.27. The lowest BCUT2D eigenvalue weighted by molar-refractivity contribution is 0.0707. The van der Waals surface area contributed by atoms with E-state index in [1.807, 2.05) is 13.8 Å². The minimum absolute atomic E-state index is 0.0447. The van der Waals surface area contributed by atoms with Gasteiger partial charge in [0.2, 0.25) is 0 Å². The highest BCUT2D eigenvalue weighted by atomic mass is 16.5. The van der Waals surface area contributed by atoms with Gasteiger partial charge in [-0.2, -0.15) is 0 Å². The third kappa shape index (κ3) is 4.01. The van der Waals surface area contributed by atoms with E-state index < -0.39 is 0 Å². The van der Waals surface area contributed by atoms with E-state index in [-0.39, 0.29) is 47.8 Å². The molecule has 0 aliphatic heterocycles. The Morgan fingerprint density at radius 2 is 2.14 bits per heavy atom. The Kier molecular flexibility index (Phi) is 5.83. The number of nitrogens with two attached hydrogens (primary N) is 1. The maximum Gasteiger partial charge on any atom is 0.257 e. The molecule has 21 heavy (non-hydrogen) atoms. The molecule has 0 radical (unpaired) electrons. The molecule has 0 saturated carbocycles. The van der Waals surface area contributed by atoms with Crippen molar-refractivity contribution in [3.8, 4) is 11.5 Å². The van der Waals surface area contributed by atoms with Crippen molar-refractivity contribution in [3.63, 3.8) is 0 Å². The van der Waals surface area contributed by atoms with Crippen LogP contribution in [0.4, 0.5) is 0 Å². The number of carbonyl (C=O) groups excluding carboxylic acids is 1. The van der Waals surface area contributed by atoms with Gasteiger partial charge in [0.25, 0.3) is 5.91 Å². The molecule has 0 atom stereocenters. The largest absolute Gasteiger partial charge is 0.504 e. The molecule has 0 saturated heterocycles. The summed E-state index contributed by atoms with van der Waals surface area (Å²) in [5, 5.41) is 21.5. The number of benzene rings is 1. The van der Waals surface area contributed by atoms with Gasteiger partial charge in [0.1, 0.15) is 5.84 Å². The molecule has 0 unspecified atom stereocenters. The lowest BCUT2D eigenvalue weighted by Crippen LogP contribution is -2.39. The molecular formula is C14H21N3O4. The average molecular weight is 295 g/mol. The first-order chi connectivity index (χ1) is 9.92. The van der Waals surface area contributed by atoms with Crippen LogP contribution in [0.1, 0.15) is 30.6 Å². The summed E-state index contributed by atoms with van der Waals surface area (Å²) in [6, 6.07) is 4.63. The van der Waals surface area contributed by atoms with Crippen LogP contribution in [0.3, 0.4) is 0 Å². The SMILES string of the molecule is COc1cccc(C(=O)N(CCC(N)=NO)C(C)C)c1O. The predicted octanol–water partition coefficient (Wildman–Crippen LogP) is 1.39. The van der Waals surface area contributed by atoms with Gasteiger partial charge in [-0.05, 0) is 26.0 Å². The van der Waals surface area contributed by atoms with Crippen molar-refractivity contribution in [1.82, 2.24) is 4.90 Å². The zero-order chi connectivity index (χ0) is 16.0. The van der Waals surface area contributed by atoms with Gasteiger partial charge in [-0.1, -0.05) is 11.2 Å². The average Bonchev–Trinajstić information content (AvgIpc) is 2.46. The smallest absolute Gasteiger partial charge is 0.257 e. The van der Waals surface area contributed by atoms with Crippen molar-refractivity contribution in [2.24, 2.45) is 10.9 Å². The van der Waals surface area contributed by atoms with Crippen LogP contribution in [0, 0.1) is 0 Å². The second kappa shape index (κ2) is 7.37. The molecule has 7 heteroatoms. The van der Waals surface area contributed by atoms with E-state index >= 15 is 0 Å². The highest BCUT2D eigenvalue weighted by Crippen LogP contribution is 2.30. The normalized spacial score (nSPS) is 11.5. The van der Waals surface area contributed by atoms with E-state index in [0.29, 0.717) is 0 Å². The number of phenolic OH excluding ortho intramolecular Hbond substituents is 1. The zero-order valence-corrected chi connectivity index (χ0v) is 12.4. The number of para-hydroxylation sites is 1. The molecule has 116 valence electrons. The summed E-state index contributed by atoms with van der Waals surface area (Å²) in [5.41, 5.74) is 5.58. The zero-order valence-electron chi connectivity index (χ0n) is 12.4. The van der Waals surface area contributed by atoms with Crippen LogP contribution in [0.25, 0.3) is 0 Å². The minimum atomic E-state index is -0.341. The maximum atomic E-state index is 12.5. The van der Waals surface area contributed by atoms with Crippen molar-refractivity contribution >= 4 is 11.7 Å². The van der Waals surface area contributed by atoms with Gasteiger partial charge >= 0.3 is 0 Å². The fourth-order valence-electron chi connectivity index (χ4n) is 1.89. The summed E-state index contributed by atoms with van der Waals surface area (Å²) >= 11 is 0. The standard InChI is InChI=1S/C14H21N3O4/c1-9(2)17(8-7-12(15)16-20)14(19)10-5-4-6-11(21-3)13(10)18/h4-6,9,18,20H,7-8H2,1-3H3,(H2,15,16). The van der Waals surface area contributed by atoms with E-state index in [9.17, 15) is 9.90 Å². The Morgan fingerprint density at radius 3 is 2.67 bits per heavy atom. The number of aromatic hydroxyl groups is 1. The van der Waals surface area contributed by atoms with Gasteiger partial charge in [0.05, 0.1) is 12.7 Å². The van der Waals surface area contributed by atoms with Gasteiger partial charge < -0.3 is 25.7 Å². The van der Waals surface area contributed by atoms with Crippen LogP contribution in [0.15, 0.2) is 23.4 Å². The van der Waals surface area contributed by atoms with Crippen LogP contribution in [-0.2, 0) is 0 Å². The van der Waals surface area contributed by atoms with E-state index in [4.69, 9.17) is 15.7 Å². The minimum Gasteiger partial charge on any atom is -0.504 e. The predicted molar refractivity (Wildman–Crippen MR) is 78.9 cm³/mol. The molecule has 0 aliphatic carbocycles. The number of hydrogen-bond donors (Lipinski definition) is 3. The molecule has 0 aromatic heterocycles. The number of hydrogen-bond acceptors (Lipinski definition) is 5. The number of nitrogens with zero attached hydrogens (tertiary/aromatic N) is 2. The number of methoxy groups -OCH3 is 1. The number of ether oxygens (including phenoxy) is 1. The van der Waals surface area contributed by atoms with Crippen molar-refractivity contribution in [1.29, 1.82) is 0 Å². The molecule has 0 spiro atoms. The molecule has 0 aliphatic rings. The van der Waals surface area contributed by atoms with E-state index in [0.717, 1.165) is 0 Å². The Labute approximate surface area is 123 Å². The summed E-state index contributed by atoms with van der Waals surface area (Å²) in [6.07, 6.45) is 0.241. The van der Waals surface area contributed by atoms with Crippen molar-refractivity contribution in [3.05, 3.63) is 23.8 Å². The number of carbonyl (C=O) groups is 1. The van der Waals surface area contributed by atoms with Gasteiger partial charge in [0, 0.05) is 19.0 Å². The topological polar surface area (TPSA) is 108 Å². The van der Waals surface area contributed by atoms with E-state index in [1.54, 1.807) is 12.1 Å². The third-order valence-corrected chi connectivity index (χ3v) is 3.07. The van der Waals surface area contributed by atoms with Gasteiger partial charge in [0.15, 0.2) is 11.5 Å². The highest BCUT2D eigenvalue weighted by molar-refractivity contribution is 5.98. The molecule has 7 nitrogen and oxygen atoms in total.